The molecule has 0 bridgehead atoms. The number of halogens is 3. The van der Waals surface area contributed by atoms with Gasteiger partial charge in [-0.3, -0.25) is 8.78 Å². The molecule has 0 atom stereocenters. The van der Waals surface area contributed by atoms with Gasteiger partial charge in [0.2, 0.25) is 0 Å². The van der Waals surface area contributed by atoms with Crippen LogP contribution in [0.5, 0.6) is 0 Å². The first-order valence-corrected chi connectivity index (χ1v) is 18.9. The van der Waals surface area contributed by atoms with Crippen LogP contribution in [-0.4, -0.2) is 9.97 Å². The van der Waals surface area contributed by atoms with E-state index in [1.54, 1.807) is 24.4 Å². The number of rotatable bonds is 8. The van der Waals surface area contributed by atoms with Crippen molar-refractivity contribution in [2.45, 2.75) is 6.92 Å². The molecule has 7 aromatic carbocycles. The average molecular weight is 947 g/mol. The summed E-state index contributed by atoms with van der Waals surface area (Å²) in [7, 11) is 0. The summed E-state index contributed by atoms with van der Waals surface area (Å²) in [4.78, 5) is 9.45. The van der Waals surface area contributed by atoms with Gasteiger partial charge in [-0.1, -0.05) is 127 Å². The van der Waals surface area contributed by atoms with Gasteiger partial charge in [-0.05, 0) is 103 Å². The van der Waals surface area contributed by atoms with Crippen molar-refractivity contribution in [1.82, 2.24) is 9.97 Å². The van der Waals surface area contributed by atoms with E-state index >= 15 is 4.39 Å². The van der Waals surface area contributed by atoms with E-state index in [4.69, 9.17) is 4.98 Å². The van der Waals surface area contributed by atoms with Crippen LogP contribution >= 0.6 is 0 Å². The molecular formula is C53H33F3IrN2-2. The maximum Gasteiger partial charge on any atom is 0.123 e. The van der Waals surface area contributed by atoms with Crippen molar-refractivity contribution in [3.8, 4) is 89.3 Å². The Morgan fingerprint density at radius 3 is 1.80 bits per heavy atom. The van der Waals surface area contributed by atoms with Gasteiger partial charge in [-0.2, -0.15) is 0 Å². The molecule has 0 saturated carbocycles. The fraction of sp³-hybridized carbons (Fsp3) is 0.0189. The molecule has 0 aliphatic rings. The Morgan fingerprint density at radius 2 is 1.07 bits per heavy atom. The summed E-state index contributed by atoms with van der Waals surface area (Å²) in [6, 6.07) is 59.5. The summed E-state index contributed by atoms with van der Waals surface area (Å²) in [6.07, 6.45) is 3.57. The summed E-state index contributed by atoms with van der Waals surface area (Å²) >= 11 is 0. The van der Waals surface area contributed by atoms with E-state index in [2.05, 4.69) is 83.8 Å². The van der Waals surface area contributed by atoms with Crippen LogP contribution in [0.15, 0.2) is 182 Å². The largest absolute Gasteiger partial charge is 0.304 e. The van der Waals surface area contributed by atoms with E-state index in [9.17, 15) is 8.78 Å². The maximum absolute atomic E-state index is 15.1. The molecule has 2 heterocycles. The summed E-state index contributed by atoms with van der Waals surface area (Å²) < 4.78 is 43.2. The van der Waals surface area contributed by atoms with Gasteiger partial charge >= 0.3 is 0 Å². The van der Waals surface area contributed by atoms with Crippen LogP contribution in [0.2, 0.25) is 0 Å². The number of aromatic nitrogens is 2. The number of hydrogen-bond acceptors (Lipinski definition) is 2. The van der Waals surface area contributed by atoms with Crippen LogP contribution in [0.1, 0.15) is 5.56 Å². The van der Waals surface area contributed by atoms with Crippen molar-refractivity contribution >= 4 is 0 Å². The Morgan fingerprint density at radius 1 is 0.424 bits per heavy atom. The van der Waals surface area contributed by atoms with Crippen molar-refractivity contribution in [2.24, 2.45) is 0 Å². The SMILES string of the molecule is Cc1cc(-c2cc(F)ccc2-c2ccc(-c3[c-]cc(F)cc3F)nc2)cc(-c2ccccc2-c2cnc(-c3[c-]cccc3)cc2-c2ccc(-c3ccccc3)cc2)c1.[Ir]. The third-order valence-electron chi connectivity index (χ3n) is 10.3. The zero-order chi connectivity index (χ0) is 39.6. The number of nitrogens with zero attached hydrogens (tertiary/aromatic N) is 2. The van der Waals surface area contributed by atoms with Crippen molar-refractivity contribution in [2.75, 3.05) is 0 Å². The molecule has 0 N–H and O–H groups in total. The summed E-state index contributed by atoms with van der Waals surface area (Å²) in [5.74, 6) is -1.83. The van der Waals surface area contributed by atoms with Gasteiger partial charge in [-0.15, -0.1) is 48.0 Å². The third kappa shape index (κ3) is 8.19. The summed E-state index contributed by atoms with van der Waals surface area (Å²) in [5, 5.41) is 0. The number of benzene rings is 7. The molecule has 0 spiro atoms. The standard InChI is InChI=1S/C53H33F3N2.Ir/c1-34-26-40(28-41(27-34)48-29-42(54)21-23-45(48)39-20-25-52(57-32-39)47-24-22-43(55)30-51(47)56)44-14-8-9-15-46(44)50-33-58-53(38-12-6-3-7-13-38)31-49(50)37-18-16-36(17-19-37)35-10-4-2-5-11-35;/h2-12,14-23,25-33H,1H3;/q-2;. The molecular weight excluding hydrogens is 914 g/mol. The fourth-order valence-corrected chi connectivity index (χ4v) is 7.49. The van der Waals surface area contributed by atoms with Crippen LogP contribution in [0.4, 0.5) is 13.2 Å². The van der Waals surface area contributed by atoms with Crippen LogP contribution in [0.25, 0.3) is 89.3 Å². The molecule has 287 valence electrons. The second-order valence-corrected chi connectivity index (χ2v) is 14.1. The molecule has 0 aliphatic carbocycles. The van der Waals surface area contributed by atoms with Gasteiger partial charge in [0.15, 0.2) is 0 Å². The maximum atomic E-state index is 15.1. The van der Waals surface area contributed by atoms with Gasteiger partial charge in [0.05, 0.1) is 0 Å². The molecule has 59 heavy (non-hydrogen) atoms. The van der Waals surface area contributed by atoms with E-state index in [0.29, 0.717) is 11.3 Å². The zero-order valence-corrected chi connectivity index (χ0v) is 34.1. The summed E-state index contributed by atoms with van der Waals surface area (Å²) in [5.41, 5.74) is 14.4. The van der Waals surface area contributed by atoms with E-state index in [1.165, 1.54) is 12.1 Å². The third-order valence-corrected chi connectivity index (χ3v) is 10.3. The number of aryl methyl sites for hydroxylation is 1. The second kappa shape index (κ2) is 17.0. The minimum atomic E-state index is -0.746. The molecule has 1 radical (unpaired) electrons. The predicted octanol–water partition coefficient (Wildman–Crippen LogP) is 14.1. The van der Waals surface area contributed by atoms with Crippen LogP contribution in [-0.2, 0) is 20.1 Å². The Labute approximate surface area is 355 Å². The molecule has 6 heteroatoms. The monoisotopic (exact) mass is 947 g/mol. The van der Waals surface area contributed by atoms with Crippen molar-refractivity contribution in [3.63, 3.8) is 0 Å². The number of hydrogen-bond donors (Lipinski definition) is 0. The van der Waals surface area contributed by atoms with Gasteiger partial charge in [0.1, 0.15) is 5.82 Å². The first-order valence-electron chi connectivity index (χ1n) is 18.9. The van der Waals surface area contributed by atoms with Crippen molar-refractivity contribution in [3.05, 3.63) is 217 Å². The van der Waals surface area contributed by atoms with Gasteiger partial charge in [0, 0.05) is 49.7 Å². The van der Waals surface area contributed by atoms with E-state index in [-0.39, 0.29) is 31.5 Å². The van der Waals surface area contributed by atoms with Crippen molar-refractivity contribution < 1.29 is 33.3 Å². The van der Waals surface area contributed by atoms with Crippen LogP contribution in [0.3, 0.4) is 0 Å². The van der Waals surface area contributed by atoms with Gasteiger partial charge in [0.25, 0.3) is 0 Å². The minimum absolute atomic E-state index is 0. The zero-order valence-electron chi connectivity index (χ0n) is 31.7. The smallest absolute Gasteiger partial charge is 0.123 e. The van der Waals surface area contributed by atoms with E-state index in [1.807, 2.05) is 73.8 Å². The molecule has 0 saturated heterocycles. The first-order chi connectivity index (χ1) is 28.4. The van der Waals surface area contributed by atoms with E-state index < -0.39 is 11.6 Å². The topological polar surface area (TPSA) is 25.8 Å². The Hall–Kier alpha value is -6.72. The summed E-state index contributed by atoms with van der Waals surface area (Å²) in [6.45, 7) is 2.03. The average Bonchev–Trinajstić information content (AvgIpc) is 3.27. The van der Waals surface area contributed by atoms with Gasteiger partial charge in [-0.25, -0.2) is 4.39 Å². The quantitative estimate of drug-likeness (QED) is 0.142. The molecule has 2 aromatic heterocycles. The Balaban J connectivity index is 0.00000484. The van der Waals surface area contributed by atoms with Crippen molar-refractivity contribution in [1.29, 1.82) is 0 Å². The Bertz CT molecular complexity index is 2910. The second-order valence-electron chi connectivity index (χ2n) is 14.1. The predicted molar refractivity (Wildman–Crippen MR) is 228 cm³/mol. The normalized spacial score (nSPS) is 10.9. The Kier molecular flexibility index (Phi) is 11.3. The molecule has 9 rings (SSSR count). The first kappa shape index (κ1) is 39.1. The molecule has 2 nitrogen and oxygen atoms in total. The molecule has 0 unspecified atom stereocenters. The van der Waals surface area contributed by atoms with Gasteiger partial charge < -0.3 is 9.97 Å². The fourth-order valence-electron chi connectivity index (χ4n) is 7.49. The van der Waals surface area contributed by atoms with Crippen LogP contribution < -0.4 is 0 Å². The molecule has 0 aliphatic heterocycles. The van der Waals surface area contributed by atoms with E-state index in [0.717, 1.165) is 90.2 Å². The van der Waals surface area contributed by atoms with Crippen LogP contribution in [0, 0.1) is 36.5 Å². The molecule has 9 aromatic rings. The molecule has 0 amide bonds. The number of pyridine rings is 2. The molecule has 0 fully saturated rings. The minimum Gasteiger partial charge on any atom is -0.304 e.